The number of hydrogen-bond acceptors (Lipinski definition) is 4. The van der Waals surface area contributed by atoms with Gasteiger partial charge in [0.2, 0.25) is 0 Å². The highest BCUT2D eigenvalue weighted by atomic mass is 16.6. The van der Waals surface area contributed by atoms with Gasteiger partial charge in [-0.3, -0.25) is 10.2 Å². The quantitative estimate of drug-likeness (QED) is 0.446. The van der Waals surface area contributed by atoms with Crippen molar-refractivity contribution in [2.24, 2.45) is 0 Å². The number of aromatic amines is 1. The molecule has 3 aromatic carbocycles. The zero-order valence-electron chi connectivity index (χ0n) is 17.8. The number of nitrogens with one attached hydrogen (secondary N) is 2. The van der Waals surface area contributed by atoms with E-state index in [-0.39, 0.29) is 6.10 Å². The Kier molecular flexibility index (Phi) is 5.85. The van der Waals surface area contributed by atoms with Crippen molar-refractivity contribution in [1.82, 2.24) is 14.9 Å². The Labute approximate surface area is 187 Å². The van der Waals surface area contributed by atoms with Crippen LogP contribution >= 0.6 is 0 Å². The van der Waals surface area contributed by atoms with Crippen molar-refractivity contribution in [3.8, 4) is 11.1 Å². The van der Waals surface area contributed by atoms with E-state index in [9.17, 15) is 4.79 Å². The van der Waals surface area contributed by atoms with Crippen molar-refractivity contribution in [3.63, 3.8) is 0 Å². The maximum Gasteiger partial charge on any atom is 0.411 e. The van der Waals surface area contributed by atoms with E-state index < -0.39 is 6.09 Å². The monoisotopic (exact) mass is 426 g/mol. The summed E-state index contributed by atoms with van der Waals surface area (Å²) in [6.07, 6.45) is 2.93. The number of piperidine rings is 1. The number of H-pyrrole nitrogens is 1. The Morgan fingerprint density at radius 2 is 1.81 bits per heavy atom. The fraction of sp³-hybridized carbons (Fsp3) is 0.231. The number of imidazole rings is 1. The molecule has 0 bridgehead atoms. The van der Waals surface area contributed by atoms with E-state index in [1.165, 1.54) is 5.56 Å². The van der Waals surface area contributed by atoms with Gasteiger partial charge in [-0.2, -0.15) is 0 Å². The van der Waals surface area contributed by atoms with Gasteiger partial charge in [0.25, 0.3) is 0 Å². The fourth-order valence-corrected chi connectivity index (χ4v) is 4.27. The molecule has 0 unspecified atom stereocenters. The Balaban J connectivity index is 1.14. The van der Waals surface area contributed by atoms with Crippen molar-refractivity contribution in [3.05, 3.63) is 84.7 Å². The summed E-state index contributed by atoms with van der Waals surface area (Å²) in [5, 5.41) is 2.94. The summed E-state index contributed by atoms with van der Waals surface area (Å²) < 4.78 is 5.74. The van der Waals surface area contributed by atoms with Gasteiger partial charge < -0.3 is 9.72 Å². The predicted molar refractivity (Wildman–Crippen MR) is 126 cm³/mol. The SMILES string of the molecule is O=C(Nc1ccccc1-c1ccccc1)OC1CCN(Cc2ccc3[nH]cnc3c2)CC1. The molecule has 0 spiro atoms. The number of likely N-dealkylation sites (tertiary alicyclic amines) is 1. The molecule has 1 aliphatic rings. The van der Waals surface area contributed by atoms with Crippen molar-refractivity contribution >= 4 is 22.8 Å². The summed E-state index contributed by atoms with van der Waals surface area (Å²) in [7, 11) is 0. The molecule has 1 fully saturated rings. The second-order valence-electron chi connectivity index (χ2n) is 8.17. The van der Waals surface area contributed by atoms with Gasteiger partial charge in [-0.25, -0.2) is 9.78 Å². The first kappa shape index (κ1) is 20.3. The average molecular weight is 427 g/mol. The van der Waals surface area contributed by atoms with Gasteiger partial charge in [-0.1, -0.05) is 54.6 Å². The molecule has 2 heterocycles. The fourth-order valence-electron chi connectivity index (χ4n) is 4.27. The zero-order chi connectivity index (χ0) is 21.8. The van der Waals surface area contributed by atoms with Gasteiger partial charge in [0.15, 0.2) is 0 Å². The van der Waals surface area contributed by atoms with Crippen LogP contribution in [-0.2, 0) is 11.3 Å². The molecule has 1 aliphatic heterocycles. The highest BCUT2D eigenvalue weighted by Gasteiger charge is 2.23. The lowest BCUT2D eigenvalue weighted by atomic mass is 10.0. The number of ether oxygens (including phenoxy) is 1. The number of anilines is 1. The lowest BCUT2D eigenvalue weighted by molar-refractivity contribution is 0.0567. The Bertz CT molecular complexity index is 1200. The molecule has 2 N–H and O–H groups in total. The zero-order valence-corrected chi connectivity index (χ0v) is 17.8. The second kappa shape index (κ2) is 9.24. The van der Waals surface area contributed by atoms with Gasteiger partial charge in [0.1, 0.15) is 6.10 Å². The van der Waals surface area contributed by atoms with E-state index in [1.807, 2.05) is 54.6 Å². The summed E-state index contributed by atoms with van der Waals surface area (Å²) in [4.78, 5) is 22.4. The van der Waals surface area contributed by atoms with Crippen molar-refractivity contribution in [2.75, 3.05) is 18.4 Å². The van der Waals surface area contributed by atoms with Crippen LogP contribution in [0.4, 0.5) is 10.5 Å². The number of nitrogens with zero attached hydrogens (tertiary/aromatic N) is 2. The van der Waals surface area contributed by atoms with Crippen LogP contribution in [-0.4, -0.2) is 40.2 Å². The highest BCUT2D eigenvalue weighted by molar-refractivity contribution is 5.91. The number of benzene rings is 3. The van der Waals surface area contributed by atoms with E-state index in [1.54, 1.807) is 6.33 Å². The van der Waals surface area contributed by atoms with Crippen molar-refractivity contribution < 1.29 is 9.53 Å². The first-order valence-corrected chi connectivity index (χ1v) is 11.0. The van der Waals surface area contributed by atoms with Crippen LogP contribution in [0.3, 0.4) is 0 Å². The van der Waals surface area contributed by atoms with Crippen LogP contribution in [0.25, 0.3) is 22.2 Å². The van der Waals surface area contributed by atoms with Crippen LogP contribution in [0.1, 0.15) is 18.4 Å². The molecule has 1 amide bonds. The normalized spacial score (nSPS) is 15.0. The Hall–Kier alpha value is -3.64. The molecular weight excluding hydrogens is 400 g/mol. The van der Waals surface area contributed by atoms with E-state index in [0.717, 1.165) is 60.3 Å². The summed E-state index contributed by atoms with van der Waals surface area (Å²) in [6.45, 7) is 2.68. The summed E-state index contributed by atoms with van der Waals surface area (Å²) in [5.41, 5.74) is 6.10. The number of fused-ring (bicyclic) bond motifs is 1. The second-order valence-corrected chi connectivity index (χ2v) is 8.17. The third kappa shape index (κ3) is 4.65. The molecule has 6 nitrogen and oxygen atoms in total. The molecule has 4 aromatic rings. The first-order chi connectivity index (χ1) is 15.7. The van der Waals surface area contributed by atoms with Gasteiger partial charge in [0.05, 0.1) is 23.0 Å². The smallest absolute Gasteiger partial charge is 0.411 e. The minimum atomic E-state index is -0.393. The summed E-state index contributed by atoms with van der Waals surface area (Å²) in [5.74, 6) is 0. The summed E-state index contributed by atoms with van der Waals surface area (Å²) >= 11 is 0. The van der Waals surface area contributed by atoms with Gasteiger partial charge in [-0.15, -0.1) is 0 Å². The van der Waals surface area contributed by atoms with Crippen LogP contribution in [0, 0.1) is 0 Å². The van der Waals surface area contributed by atoms with Gasteiger partial charge in [-0.05, 0) is 42.2 Å². The Morgan fingerprint density at radius 1 is 1.03 bits per heavy atom. The maximum atomic E-state index is 12.6. The number of carbonyl (C=O) groups is 1. The molecule has 1 aromatic heterocycles. The molecular formula is C26H26N4O2. The third-order valence-corrected chi connectivity index (χ3v) is 5.95. The maximum absolute atomic E-state index is 12.6. The minimum Gasteiger partial charge on any atom is -0.446 e. The molecule has 0 aliphatic carbocycles. The standard InChI is InChI=1S/C26H26N4O2/c31-26(29-23-9-5-4-8-22(23)20-6-2-1-3-7-20)32-21-12-14-30(15-13-21)17-19-10-11-24-25(16-19)28-18-27-24/h1-11,16,18,21H,12-15,17H2,(H,27,28)(H,29,31). The Morgan fingerprint density at radius 3 is 2.66 bits per heavy atom. The molecule has 6 heteroatoms. The lowest BCUT2D eigenvalue weighted by Gasteiger charge is -2.31. The topological polar surface area (TPSA) is 70.2 Å². The number of hydrogen-bond donors (Lipinski definition) is 2. The van der Waals surface area contributed by atoms with E-state index in [4.69, 9.17) is 4.74 Å². The number of amides is 1. The highest BCUT2D eigenvalue weighted by Crippen LogP contribution is 2.28. The molecule has 0 saturated carbocycles. The molecule has 5 rings (SSSR count). The third-order valence-electron chi connectivity index (χ3n) is 5.95. The lowest BCUT2D eigenvalue weighted by Crippen LogP contribution is -2.38. The largest absolute Gasteiger partial charge is 0.446 e. The molecule has 0 radical (unpaired) electrons. The van der Waals surface area contributed by atoms with Gasteiger partial charge >= 0.3 is 6.09 Å². The van der Waals surface area contributed by atoms with E-state index >= 15 is 0 Å². The molecule has 1 saturated heterocycles. The van der Waals surface area contributed by atoms with Crippen molar-refractivity contribution in [1.29, 1.82) is 0 Å². The predicted octanol–water partition coefficient (Wildman–Crippen LogP) is 5.44. The molecule has 162 valence electrons. The number of rotatable bonds is 5. The minimum absolute atomic E-state index is 0.0658. The van der Waals surface area contributed by atoms with Crippen molar-refractivity contribution in [2.45, 2.75) is 25.5 Å². The number of carbonyl (C=O) groups excluding carboxylic acids is 1. The van der Waals surface area contributed by atoms with Gasteiger partial charge in [0, 0.05) is 25.2 Å². The summed E-state index contributed by atoms with van der Waals surface area (Å²) in [6, 6.07) is 24.2. The van der Waals surface area contributed by atoms with Crippen LogP contribution in [0.15, 0.2) is 79.1 Å². The number of aromatic nitrogens is 2. The van der Waals surface area contributed by atoms with Crippen LogP contribution < -0.4 is 5.32 Å². The van der Waals surface area contributed by atoms with Crippen LogP contribution in [0.5, 0.6) is 0 Å². The molecule has 0 atom stereocenters. The first-order valence-electron chi connectivity index (χ1n) is 11.0. The van der Waals surface area contributed by atoms with E-state index in [2.05, 4.69) is 38.4 Å². The van der Waals surface area contributed by atoms with E-state index in [0.29, 0.717) is 0 Å². The number of para-hydroxylation sites is 1. The van der Waals surface area contributed by atoms with Crippen LogP contribution in [0.2, 0.25) is 0 Å². The average Bonchev–Trinajstić information content (AvgIpc) is 3.29. The molecule has 32 heavy (non-hydrogen) atoms.